The molecule has 0 aromatic heterocycles. The summed E-state index contributed by atoms with van der Waals surface area (Å²) in [6, 6.07) is 0. The second-order valence-electron chi connectivity index (χ2n) is 2.32. The van der Waals surface area contributed by atoms with Crippen molar-refractivity contribution < 1.29 is 14.4 Å². The predicted molar refractivity (Wildman–Crippen MR) is 45.5 cm³/mol. The SMILES string of the molecule is CCCOCCC(=O)NOCC. The van der Waals surface area contributed by atoms with Gasteiger partial charge < -0.3 is 4.74 Å². The Labute approximate surface area is 73.2 Å². The van der Waals surface area contributed by atoms with E-state index in [1.54, 1.807) is 0 Å². The van der Waals surface area contributed by atoms with Gasteiger partial charge in [-0.05, 0) is 13.3 Å². The molecule has 0 heterocycles. The van der Waals surface area contributed by atoms with Gasteiger partial charge >= 0.3 is 0 Å². The van der Waals surface area contributed by atoms with E-state index in [4.69, 9.17) is 9.57 Å². The van der Waals surface area contributed by atoms with Gasteiger partial charge in [0, 0.05) is 6.61 Å². The zero-order valence-electron chi connectivity index (χ0n) is 7.76. The Morgan fingerprint density at radius 1 is 1.33 bits per heavy atom. The molecule has 0 aliphatic carbocycles. The topological polar surface area (TPSA) is 47.6 Å². The highest BCUT2D eigenvalue weighted by Crippen LogP contribution is 1.85. The van der Waals surface area contributed by atoms with Crippen molar-refractivity contribution in [3.05, 3.63) is 0 Å². The number of rotatable bonds is 7. The van der Waals surface area contributed by atoms with E-state index in [2.05, 4.69) is 5.48 Å². The molecule has 72 valence electrons. The lowest BCUT2D eigenvalue weighted by Gasteiger charge is -2.03. The Balaban J connectivity index is 3.08. The van der Waals surface area contributed by atoms with E-state index >= 15 is 0 Å². The summed E-state index contributed by atoms with van der Waals surface area (Å²) in [7, 11) is 0. The molecular formula is C8H17NO3. The maximum atomic E-state index is 10.8. The third-order valence-electron chi connectivity index (χ3n) is 1.15. The van der Waals surface area contributed by atoms with E-state index in [1.165, 1.54) is 0 Å². The average Bonchev–Trinajstić information content (AvgIpc) is 2.09. The molecule has 0 aliphatic rings. The highest BCUT2D eigenvalue weighted by atomic mass is 16.6. The summed E-state index contributed by atoms with van der Waals surface area (Å²) < 4.78 is 5.12. The van der Waals surface area contributed by atoms with Crippen LogP contribution in [-0.2, 0) is 14.4 Å². The summed E-state index contributed by atoms with van der Waals surface area (Å²) >= 11 is 0. The molecule has 4 nitrogen and oxygen atoms in total. The Hall–Kier alpha value is -0.610. The smallest absolute Gasteiger partial charge is 0.245 e. The van der Waals surface area contributed by atoms with Crippen molar-refractivity contribution in [2.45, 2.75) is 26.7 Å². The van der Waals surface area contributed by atoms with E-state index in [-0.39, 0.29) is 5.91 Å². The van der Waals surface area contributed by atoms with Crippen molar-refractivity contribution in [2.75, 3.05) is 19.8 Å². The van der Waals surface area contributed by atoms with Crippen molar-refractivity contribution in [3.63, 3.8) is 0 Å². The van der Waals surface area contributed by atoms with Gasteiger partial charge in [0.1, 0.15) is 0 Å². The molecule has 0 spiro atoms. The molecule has 0 fully saturated rings. The monoisotopic (exact) mass is 175 g/mol. The summed E-state index contributed by atoms with van der Waals surface area (Å²) in [5.74, 6) is -0.132. The second kappa shape index (κ2) is 8.49. The lowest BCUT2D eigenvalue weighted by Crippen LogP contribution is -2.24. The van der Waals surface area contributed by atoms with Crippen LogP contribution >= 0.6 is 0 Å². The standard InChI is InChI=1S/C8H17NO3/c1-3-6-11-7-5-8(10)9-12-4-2/h3-7H2,1-2H3,(H,9,10). The normalized spacial score (nSPS) is 9.83. The second-order valence-corrected chi connectivity index (χ2v) is 2.32. The summed E-state index contributed by atoms with van der Waals surface area (Å²) in [6.07, 6.45) is 1.34. The lowest BCUT2D eigenvalue weighted by molar-refractivity contribution is -0.134. The van der Waals surface area contributed by atoms with E-state index < -0.39 is 0 Å². The first-order valence-electron chi connectivity index (χ1n) is 4.29. The van der Waals surface area contributed by atoms with Gasteiger partial charge in [0.2, 0.25) is 5.91 Å². The molecule has 0 radical (unpaired) electrons. The number of hydrogen-bond donors (Lipinski definition) is 1. The van der Waals surface area contributed by atoms with E-state index in [9.17, 15) is 4.79 Å². The molecule has 0 rings (SSSR count). The van der Waals surface area contributed by atoms with Crippen molar-refractivity contribution >= 4 is 5.91 Å². The van der Waals surface area contributed by atoms with Crippen LogP contribution in [0, 0.1) is 0 Å². The highest BCUT2D eigenvalue weighted by Gasteiger charge is 1.98. The molecule has 0 aromatic rings. The van der Waals surface area contributed by atoms with Crippen molar-refractivity contribution in [2.24, 2.45) is 0 Å². The average molecular weight is 175 g/mol. The van der Waals surface area contributed by atoms with Gasteiger partial charge in [-0.25, -0.2) is 5.48 Å². The highest BCUT2D eigenvalue weighted by molar-refractivity contribution is 5.74. The van der Waals surface area contributed by atoms with Crippen LogP contribution in [-0.4, -0.2) is 25.7 Å². The number of nitrogens with one attached hydrogen (secondary N) is 1. The molecule has 4 heteroatoms. The summed E-state index contributed by atoms with van der Waals surface area (Å²) in [6.45, 7) is 5.50. The Kier molecular flexibility index (Phi) is 8.05. The maximum absolute atomic E-state index is 10.8. The molecule has 0 bridgehead atoms. The zero-order chi connectivity index (χ0) is 9.23. The summed E-state index contributed by atoms with van der Waals surface area (Å²) in [5.41, 5.74) is 2.29. The minimum absolute atomic E-state index is 0.132. The molecule has 0 atom stereocenters. The first kappa shape index (κ1) is 11.4. The van der Waals surface area contributed by atoms with Crippen LogP contribution in [0.1, 0.15) is 26.7 Å². The van der Waals surface area contributed by atoms with Crippen LogP contribution in [0.4, 0.5) is 0 Å². The van der Waals surface area contributed by atoms with Crippen molar-refractivity contribution in [1.82, 2.24) is 5.48 Å². The number of ether oxygens (including phenoxy) is 1. The number of amides is 1. The van der Waals surface area contributed by atoms with Crippen LogP contribution in [0.25, 0.3) is 0 Å². The first-order chi connectivity index (χ1) is 5.81. The van der Waals surface area contributed by atoms with Crippen molar-refractivity contribution in [1.29, 1.82) is 0 Å². The largest absolute Gasteiger partial charge is 0.381 e. The first-order valence-corrected chi connectivity index (χ1v) is 4.29. The molecular weight excluding hydrogens is 158 g/mol. The molecule has 0 aromatic carbocycles. The maximum Gasteiger partial charge on any atom is 0.245 e. The van der Waals surface area contributed by atoms with Gasteiger partial charge in [-0.15, -0.1) is 0 Å². The fourth-order valence-electron chi connectivity index (χ4n) is 0.615. The third-order valence-corrected chi connectivity index (χ3v) is 1.15. The van der Waals surface area contributed by atoms with Gasteiger partial charge in [0.25, 0.3) is 0 Å². The number of hydroxylamine groups is 1. The van der Waals surface area contributed by atoms with Gasteiger partial charge in [-0.1, -0.05) is 6.92 Å². The van der Waals surface area contributed by atoms with Gasteiger partial charge in [-0.3, -0.25) is 9.63 Å². The number of carbonyl (C=O) groups excluding carboxylic acids is 1. The van der Waals surface area contributed by atoms with E-state index in [0.29, 0.717) is 26.2 Å². The van der Waals surface area contributed by atoms with Crippen LogP contribution in [0.5, 0.6) is 0 Å². The zero-order valence-corrected chi connectivity index (χ0v) is 7.76. The molecule has 0 saturated heterocycles. The van der Waals surface area contributed by atoms with Crippen LogP contribution < -0.4 is 5.48 Å². The summed E-state index contributed by atoms with van der Waals surface area (Å²) in [4.78, 5) is 15.5. The molecule has 12 heavy (non-hydrogen) atoms. The quantitative estimate of drug-likeness (QED) is 0.461. The van der Waals surface area contributed by atoms with Crippen LogP contribution in [0.3, 0.4) is 0 Å². The Morgan fingerprint density at radius 2 is 2.08 bits per heavy atom. The Morgan fingerprint density at radius 3 is 2.67 bits per heavy atom. The van der Waals surface area contributed by atoms with Crippen molar-refractivity contribution in [3.8, 4) is 0 Å². The van der Waals surface area contributed by atoms with E-state index in [0.717, 1.165) is 6.42 Å². The molecule has 1 N–H and O–H groups in total. The minimum Gasteiger partial charge on any atom is -0.381 e. The fourth-order valence-corrected chi connectivity index (χ4v) is 0.615. The predicted octanol–water partition coefficient (Wildman–Crippen LogP) is 0.871. The van der Waals surface area contributed by atoms with Gasteiger partial charge in [-0.2, -0.15) is 0 Å². The number of carbonyl (C=O) groups is 1. The fraction of sp³-hybridized carbons (Fsp3) is 0.875. The minimum atomic E-state index is -0.132. The van der Waals surface area contributed by atoms with Crippen LogP contribution in [0.15, 0.2) is 0 Å². The number of hydrogen-bond acceptors (Lipinski definition) is 3. The molecule has 0 saturated carbocycles. The molecule has 0 unspecified atom stereocenters. The Bertz CT molecular complexity index is 117. The molecule has 1 amide bonds. The third kappa shape index (κ3) is 7.50. The lowest BCUT2D eigenvalue weighted by atomic mass is 10.4. The summed E-state index contributed by atoms with van der Waals surface area (Å²) in [5, 5.41) is 0. The van der Waals surface area contributed by atoms with Gasteiger partial charge in [0.15, 0.2) is 0 Å². The van der Waals surface area contributed by atoms with E-state index in [1.807, 2.05) is 13.8 Å². The van der Waals surface area contributed by atoms with Crippen LogP contribution in [0.2, 0.25) is 0 Å². The van der Waals surface area contributed by atoms with Gasteiger partial charge in [0.05, 0.1) is 19.6 Å². The molecule has 0 aliphatic heterocycles.